The molecule has 0 aliphatic carbocycles. The van der Waals surface area contributed by atoms with E-state index in [1.165, 1.54) is 19.1 Å². The molecule has 0 aliphatic rings. The number of carbonyl (C=O) groups excluding carboxylic acids is 2. The molecule has 0 bridgehead atoms. The lowest BCUT2D eigenvalue weighted by Gasteiger charge is -2.18. The maximum Gasteiger partial charge on any atom is 0.254 e. The fourth-order valence-electron chi connectivity index (χ4n) is 2.44. The molecule has 2 aromatic rings. The van der Waals surface area contributed by atoms with Gasteiger partial charge >= 0.3 is 0 Å². The zero-order valence-electron chi connectivity index (χ0n) is 14.8. The van der Waals surface area contributed by atoms with Gasteiger partial charge in [-0.1, -0.05) is 18.2 Å². The normalized spacial score (nSPS) is 10.1. The number of para-hydroxylation sites is 1. The van der Waals surface area contributed by atoms with Crippen molar-refractivity contribution in [3.63, 3.8) is 0 Å². The Hall–Kier alpha value is -3.02. The van der Waals surface area contributed by atoms with Crippen molar-refractivity contribution < 1.29 is 19.1 Å². The molecule has 1 N–H and O–H groups in total. The second kappa shape index (κ2) is 8.19. The molecule has 0 saturated carbocycles. The van der Waals surface area contributed by atoms with Crippen LogP contribution in [-0.2, 0) is 4.79 Å². The van der Waals surface area contributed by atoms with Gasteiger partial charge in [0.25, 0.3) is 5.91 Å². The number of rotatable bonds is 6. The second-order valence-corrected chi connectivity index (χ2v) is 5.58. The van der Waals surface area contributed by atoms with Crippen molar-refractivity contribution in [1.82, 2.24) is 4.90 Å². The zero-order chi connectivity index (χ0) is 18.4. The molecule has 132 valence electrons. The van der Waals surface area contributed by atoms with Crippen LogP contribution in [0.15, 0.2) is 42.5 Å². The predicted octanol–water partition coefficient (Wildman–Crippen LogP) is 2.72. The number of amides is 2. The van der Waals surface area contributed by atoms with E-state index in [0.717, 1.165) is 5.56 Å². The summed E-state index contributed by atoms with van der Waals surface area (Å²) in [7, 11) is 4.64. The molecule has 2 aromatic carbocycles. The van der Waals surface area contributed by atoms with E-state index in [1.54, 1.807) is 31.3 Å². The van der Waals surface area contributed by atoms with E-state index < -0.39 is 0 Å². The van der Waals surface area contributed by atoms with Crippen LogP contribution in [0.3, 0.4) is 0 Å². The van der Waals surface area contributed by atoms with Gasteiger partial charge < -0.3 is 19.7 Å². The lowest BCUT2D eigenvalue weighted by atomic mass is 10.1. The van der Waals surface area contributed by atoms with E-state index in [-0.39, 0.29) is 18.4 Å². The topological polar surface area (TPSA) is 67.9 Å². The second-order valence-electron chi connectivity index (χ2n) is 5.58. The van der Waals surface area contributed by atoms with Crippen molar-refractivity contribution >= 4 is 17.5 Å². The Balaban J connectivity index is 2.10. The number of methoxy groups -OCH3 is 2. The van der Waals surface area contributed by atoms with Crippen molar-refractivity contribution in [3.05, 3.63) is 53.6 Å². The van der Waals surface area contributed by atoms with Crippen LogP contribution < -0.4 is 14.8 Å². The van der Waals surface area contributed by atoms with Gasteiger partial charge in [0.2, 0.25) is 5.91 Å². The smallest absolute Gasteiger partial charge is 0.254 e. The van der Waals surface area contributed by atoms with Gasteiger partial charge in [0.05, 0.1) is 20.8 Å². The number of hydrogen-bond donors (Lipinski definition) is 1. The Morgan fingerprint density at radius 3 is 2.12 bits per heavy atom. The Labute approximate surface area is 147 Å². The van der Waals surface area contributed by atoms with Gasteiger partial charge in [-0.2, -0.15) is 0 Å². The summed E-state index contributed by atoms with van der Waals surface area (Å²) in [4.78, 5) is 26.1. The molecule has 6 heteroatoms. The fraction of sp³-hybridized carbons (Fsp3) is 0.263. The highest BCUT2D eigenvalue weighted by molar-refractivity contribution is 5.99. The molecule has 0 atom stereocenters. The molecular formula is C19H22N2O4. The van der Waals surface area contributed by atoms with E-state index in [9.17, 15) is 9.59 Å². The molecule has 0 aromatic heterocycles. The van der Waals surface area contributed by atoms with Crippen molar-refractivity contribution in [2.45, 2.75) is 6.92 Å². The summed E-state index contributed by atoms with van der Waals surface area (Å²) in [6.07, 6.45) is 0. The van der Waals surface area contributed by atoms with Crippen molar-refractivity contribution in [3.8, 4) is 11.5 Å². The summed E-state index contributed by atoms with van der Waals surface area (Å²) in [5, 5.41) is 2.75. The zero-order valence-corrected chi connectivity index (χ0v) is 14.8. The number of carbonyl (C=O) groups is 2. The summed E-state index contributed by atoms with van der Waals surface area (Å²) < 4.78 is 10.6. The highest BCUT2D eigenvalue weighted by atomic mass is 16.5. The number of ether oxygens (including phenoxy) is 2. The number of hydrogen-bond acceptors (Lipinski definition) is 4. The first-order valence-electron chi connectivity index (χ1n) is 7.79. The highest BCUT2D eigenvalue weighted by Gasteiger charge is 2.18. The van der Waals surface area contributed by atoms with E-state index >= 15 is 0 Å². The van der Waals surface area contributed by atoms with Crippen molar-refractivity contribution in [1.29, 1.82) is 0 Å². The molecular weight excluding hydrogens is 320 g/mol. The molecule has 0 unspecified atom stereocenters. The fourth-order valence-corrected chi connectivity index (χ4v) is 2.44. The molecule has 6 nitrogen and oxygen atoms in total. The molecule has 2 rings (SSSR count). The quantitative estimate of drug-likeness (QED) is 0.876. The minimum absolute atomic E-state index is 0.0633. The van der Waals surface area contributed by atoms with Crippen LogP contribution in [0.25, 0.3) is 0 Å². The SMILES string of the molecule is COc1cc(C(=O)N(C)CC(=O)Nc2ccccc2)cc(OC)c1C. The Bertz CT molecular complexity index is 734. The summed E-state index contributed by atoms with van der Waals surface area (Å²) in [5.74, 6) is 0.558. The van der Waals surface area contributed by atoms with Gasteiger partial charge in [-0.25, -0.2) is 0 Å². The Morgan fingerprint density at radius 2 is 1.60 bits per heavy atom. The van der Waals surface area contributed by atoms with Gasteiger partial charge in [-0.3, -0.25) is 9.59 Å². The molecule has 0 aliphatic heterocycles. The third-order valence-electron chi connectivity index (χ3n) is 3.78. The van der Waals surface area contributed by atoms with Crippen LogP contribution in [-0.4, -0.2) is 44.5 Å². The molecule has 0 heterocycles. The standard InChI is InChI=1S/C19H22N2O4/c1-13-16(24-3)10-14(11-17(13)25-4)19(23)21(2)12-18(22)20-15-8-6-5-7-9-15/h5-11H,12H2,1-4H3,(H,20,22). The van der Waals surface area contributed by atoms with Crippen LogP contribution in [0, 0.1) is 6.92 Å². The summed E-state index contributed by atoms with van der Waals surface area (Å²) in [6, 6.07) is 12.4. The Morgan fingerprint density at radius 1 is 1.04 bits per heavy atom. The molecule has 0 saturated heterocycles. The van der Waals surface area contributed by atoms with Crippen molar-refractivity contribution in [2.75, 3.05) is 33.1 Å². The van der Waals surface area contributed by atoms with Gasteiger partial charge in [-0.05, 0) is 31.2 Å². The molecule has 0 fully saturated rings. The van der Waals surface area contributed by atoms with Crippen LogP contribution in [0.2, 0.25) is 0 Å². The summed E-state index contributed by atoms with van der Waals surface area (Å²) in [6.45, 7) is 1.79. The molecule has 0 radical (unpaired) electrons. The van der Waals surface area contributed by atoms with Crippen LogP contribution in [0.4, 0.5) is 5.69 Å². The summed E-state index contributed by atoms with van der Waals surface area (Å²) in [5.41, 5.74) is 1.90. The monoisotopic (exact) mass is 342 g/mol. The summed E-state index contributed by atoms with van der Waals surface area (Å²) >= 11 is 0. The minimum atomic E-state index is -0.292. The molecule has 2 amide bonds. The van der Waals surface area contributed by atoms with Crippen LogP contribution in [0.5, 0.6) is 11.5 Å². The first kappa shape index (κ1) is 18.3. The maximum absolute atomic E-state index is 12.6. The highest BCUT2D eigenvalue weighted by Crippen LogP contribution is 2.29. The van der Waals surface area contributed by atoms with Gasteiger partial charge in [-0.15, -0.1) is 0 Å². The minimum Gasteiger partial charge on any atom is -0.496 e. The maximum atomic E-state index is 12.6. The predicted molar refractivity (Wildman–Crippen MR) is 96.3 cm³/mol. The number of likely N-dealkylation sites (N-methyl/N-ethyl adjacent to an activating group) is 1. The first-order chi connectivity index (χ1) is 12.0. The largest absolute Gasteiger partial charge is 0.496 e. The van der Waals surface area contributed by atoms with Gasteiger partial charge in [0, 0.05) is 23.9 Å². The van der Waals surface area contributed by atoms with Gasteiger partial charge in [0.15, 0.2) is 0 Å². The Kier molecular flexibility index (Phi) is 6.00. The van der Waals surface area contributed by atoms with Crippen molar-refractivity contribution in [2.24, 2.45) is 0 Å². The number of nitrogens with one attached hydrogen (secondary N) is 1. The lowest BCUT2D eigenvalue weighted by Crippen LogP contribution is -2.35. The third-order valence-corrected chi connectivity index (χ3v) is 3.78. The van der Waals surface area contributed by atoms with Crippen LogP contribution >= 0.6 is 0 Å². The molecule has 0 spiro atoms. The van der Waals surface area contributed by atoms with E-state index in [0.29, 0.717) is 22.7 Å². The van der Waals surface area contributed by atoms with Gasteiger partial charge in [0.1, 0.15) is 11.5 Å². The van der Waals surface area contributed by atoms with Crippen LogP contribution in [0.1, 0.15) is 15.9 Å². The third kappa shape index (κ3) is 4.50. The lowest BCUT2D eigenvalue weighted by molar-refractivity contribution is -0.116. The number of nitrogens with zero attached hydrogens (tertiary/aromatic N) is 1. The average molecular weight is 342 g/mol. The number of anilines is 1. The average Bonchev–Trinajstić information content (AvgIpc) is 2.62. The number of benzene rings is 2. The van der Waals surface area contributed by atoms with E-state index in [1.807, 2.05) is 25.1 Å². The van der Waals surface area contributed by atoms with E-state index in [2.05, 4.69) is 5.32 Å². The first-order valence-corrected chi connectivity index (χ1v) is 7.79. The van der Waals surface area contributed by atoms with E-state index in [4.69, 9.17) is 9.47 Å². The molecule has 25 heavy (non-hydrogen) atoms.